The van der Waals surface area contributed by atoms with Crippen molar-refractivity contribution < 1.29 is 4.79 Å². The molecule has 2 N–H and O–H groups in total. The third-order valence-electron chi connectivity index (χ3n) is 4.34. The van der Waals surface area contributed by atoms with Crippen molar-refractivity contribution in [2.75, 3.05) is 19.6 Å². The number of amides is 1. The van der Waals surface area contributed by atoms with Crippen LogP contribution in [0.5, 0.6) is 0 Å². The first-order valence-corrected chi connectivity index (χ1v) is 7.21. The van der Waals surface area contributed by atoms with Crippen LogP contribution in [0.15, 0.2) is 24.3 Å². The quantitative estimate of drug-likeness (QED) is 0.850. The summed E-state index contributed by atoms with van der Waals surface area (Å²) in [6, 6.07) is 8.35. The molecule has 19 heavy (non-hydrogen) atoms. The average molecular weight is 260 g/mol. The standard InChI is InChI=1S/C16H24N2O/c1-3-16(9-11-17-12-16)15(19)18-10-8-14-7-5-4-6-13(14)2/h4-7,17H,3,8-12H2,1-2H3,(H,18,19). The highest BCUT2D eigenvalue weighted by Crippen LogP contribution is 2.29. The number of aryl methyl sites for hydroxylation is 1. The zero-order valence-electron chi connectivity index (χ0n) is 12.0. The fourth-order valence-corrected chi connectivity index (χ4v) is 2.79. The molecule has 1 unspecified atom stereocenters. The Morgan fingerprint density at radius 3 is 2.84 bits per heavy atom. The van der Waals surface area contributed by atoms with Crippen molar-refractivity contribution in [3.8, 4) is 0 Å². The average Bonchev–Trinajstić information content (AvgIpc) is 2.91. The normalized spacial score (nSPS) is 22.4. The monoisotopic (exact) mass is 260 g/mol. The van der Waals surface area contributed by atoms with Crippen LogP contribution in [0.25, 0.3) is 0 Å². The molecule has 1 amide bonds. The van der Waals surface area contributed by atoms with Crippen LogP contribution in [-0.2, 0) is 11.2 Å². The molecule has 0 radical (unpaired) electrons. The molecule has 104 valence electrons. The van der Waals surface area contributed by atoms with Gasteiger partial charge in [-0.15, -0.1) is 0 Å². The van der Waals surface area contributed by atoms with E-state index in [0.717, 1.165) is 38.9 Å². The third kappa shape index (κ3) is 3.16. The third-order valence-corrected chi connectivity index (χ3v) is 4.34. The van der Waals surface area contributed by atoms with Gasteiger partial charge in [-0.1, -0.05) is 31.2 Å². The molecule has 1 aromatic rings. The largest absolute Gasteiger partial charge is 0.355 e. The molecule has 2 rings (SSSR count). The topological polar surface area (TPSA) is 41.1 Å². The SMILES string of the molecule is CCC1(C(=O)NCCc2ccccc2C)CCNC1. The maximum atomic E-state index is 12.3. The van der Waals surface area contributed by atoms with E-state index in [1.807, 2.05) is 6.07 Å². The van der Waals surface area contributed by atoms with E-state index in [9.17, 15) is 4.79 Å². The van der Waals surface area contributed by atoms with Crippen LogP contribution >= 0.6 is 0 Å². The van der Waals surface area contributed by atoms with E-state index < -0.39 is 0 Å². The van der Waals surface area contributed by atoms with Crippen molar-refractivity contribution >= 4 is 5.91 Å². The lowest BCUT2D eigenvalue weighted by Crippen LogP contribution is -2.42. The molecule has 1 atom stereocenters. The van der Waals surface area contributed by atoms with Crippen LogP contribution in [0.1, 0.15) is 30.9 Å². The van der Waals surface area contributed by atoms with Crippen LogP contribution in [0.3, 0.4) is 0 Å². The molecule has 1 fully saturated rings. The Morgan fingerprint density at radius 1 is 1.42 bits per heavy atom. The Kier molecular flexibility index (Phi) is 4.59. The maximum absolute atomic E-state index is 12.3. The summed E-state index contributed by atoms with van der Waals surface area (Å²) in [4.78, 5) is 12.3. The van der Waals surface area contributed by atoms with Crippen molar-refractivity contribution in [3.63, 3.8) is 0 Å². The smallest absolute Gasteiger partial charge is 0.227 e. The van der Waals surface area contributed by atoms with E-state index in [-0.39, 0.29) is 11.3 Å². The summed E-state index contributed by atoms with van der Waals surface area (Å²) in [6.45, 7) is 6.73. The van der Waals surface area contributed by atoms with E-state index in [1.54, 1.807) is 0 Å². The Balaban J connectivity index is 1.86. The highest BCUT2D eigenvalue weighted by atomic mass is 16.2. The van der Waals surface area contributed by atoms with Gasteiger partial charge in [-0.3, -0.25) is 4.79 Å². The van der Waals surface area contributed by atoms with Crippen molar-refractivity contribution in [2.24, 2.45) is 5.41 Å². The highest BCUT2D eigenvalue weighted by molar-refractivity contribution is 5.83. The van der Waals surface area contributed by atoms with Gasteiger partial charge in [0.15, 0.2) is 0 Å². The van der Waals surface area contributed by atoms with Crippen molar-refractivity contribution in [1.29, 1.82) is 0 Å². The minimum Gasteiger partial charge on any atom is -0.355 e. The van der Waals surface area contributed by atoms with E-state index in [2.05, 4.69) is 42.7 Å². The molecular weight excluding hydrogens is 236 g/mol. The van der Waals surface area contributed by atoms with Crippen LogP contribution in [-0.4, -0.2) is 25.5 Å². The van der Waals surface area contributed by atoms with Gasteiger partial charge in [0, 0.05) is 13.1 Å². The summed E-state index contributed by atoms with van der Waals surface area (Å²) in [5.74, 6) is 0.216. The number of carbonyl (C=O) groups excluding carboxylic acids is 1. The Hall–Kier alpha value is -1.35. The zero-order chi connectivity index (χ0) is 13.7. The predicted molar refractivity (Wildman–Crippen MR) is 78.1 cm³/mol. The highest BCUT2D eigenvalue weighted by Gasteiger charge is 2.38. The van der Waals surface area contributed by atoms with Crippen molar-refractivity contribution in [3.05, 3.63) is 35.4 Å². The van der Waals surface area contributed by atoms with Gasteiger partial charge in [-0.2, -0.15) is 0 Å². The van der Waals surface area contributed by atoms with Crippen LogP contribution < -0.4 is 10.6 Å². The van der Waals surface area contributed by atoms with Gasteiger partial charge in [-0.25, -0.2) is 0 Å². The van der Waals surface area contributed by atoms with Gasteiger partial charge in [0.05, 0.1) is 5.41 Å². The first kappa shape index (κ1) is 14.1. The number of benzene rings is 1. The molecule has 0 saturated carbocycles. The molecule has 1 heterocycles. The number of rotatable bonds is 5. The van der Waals surface area contributed by atoms with Gasteiger partial charge in [0.25, 0.3) is 0 Å². The first-order chi connectivity index (χ1) is 9.18. The fraction of sp³-hybridized carbons (Fsp3) is 0.562. The number of carbonyl (C=O) groups is 1. The van der Waals surface area contributed by atoms with E-state index >= 15 is 0 Å². The van der Waals surface area contributed by atoms with Gasteiger partial charge < -0.3 is 10.6 Å². The molecule has 1 aliphatic rings. The lowest BCUT2D eigenvalue weighted by Gasteiger charge is -2.25. The lowest BCUT2D eigenvalue weighted by atomic mass is 9.83. The number of hydrogen-bond acceptors (Lipinski definition) is 2. The van der Waals surface area contributed by atoms with E-state index in [0.29, 0.717) is 0 Å². The number of hydrogen-bond donors (Lipinski definition) is 2. The van der Waals surface area contributed by atoms with E-state index in [4.69, 9.17) is 0 Å². The Labute approximate surface area is 115 Å². The molecule has 1 saturated heterocycles. The number of nitrogens with one attached hydrogen (secondary N) is 2. The molecule has 3 nitrogen and oxygen atoms in total. The van der Waals surface area contributed by atoms with Crippen LogP contribution in [0.2, 0.25) is 0 Å². The van der Waals surface area contributed by atoms with Gasteiger partial charge in [0.1, 0.15) is 0 Å². The maximum Gasteiger partial charge on any atom is 0.227 e. The molecule has 1 aliphatic heterocycles. The minimum atomic E-state index is -0.175. The predicted octanol–water partition coefficient (Wildman–Crippen LogP) is 2.04. The van der Waals surface area contributed by atoms with Crippen molar-refractivity contribution in [1.82, 2.24) is 10.6 Å². The first-order valence-electron chi connectivity index (χ1n) is 7.21. The van der Waals surface area contributed by atoms with Crippen molar-refractivity contribution in [2.45, 2.75) is 33.1 Å². The summed E-state index contributed by atoms with van der Waals surface area (Å²) in [5.41, 5.74) is 2.44. The summed E-state index contributed by atoms with van der Waals surface area (Å²) in [5, 5.41) is 6.41. The zero-order valence-corrected chi connectivity index (χ0v) is 12.0. The second-order valence-corrected chi connectivity index (χ2v) is 5.49. The second-order valence-electron chi connectivity index (χ2n) is 5.49. The molecule has 0 bridgehead atoms. The van der Waals surface area contributed by atoms with Crippen LogP contribution in [0.4, 0.5) is 0 Å². The summed E-state index contributed by atoms with van der Waals surface area (Å²) in [6.07, 6.45) is 2.78. The molecule has 0 aromatic heterocycles. The van der Waals surface area contributed by atoms with Crippen LogP contribution in [0, 0.1) is 12.3 Å². The second kappa shape index (κ2) is 6.20. The van der Waals surface area contributed by atoms with Gasteiger partial charge in [0.2, 0.25) is 5.91 Å². The molecule has 3 heteroatoms. The van der Waals surface area contributed by atoms with Gasteiger partial charge >= 0.3 is 0 Å². The minimum absolute atomic E-state index is 0.175. The lowest BCUT2D eigenvalue weighted by molar-refractivity contribution is -0.130. The Bertz CT molecular complexity index is 436. The Morgan fingerprint density at radius 2 is 2.21 bits per heavy atom. The van der Waals surface area contributed by atoms with E-state index in [1.165, 1.54) is 11.1 Å². The molecule has 1 aromatic carbocycles. The molecule has 0 spiro atoms. The molecular formula is C16H24N2O. The summed E-state index contributed by atoms with van der Waals surface area (Å²) < 4.78 is 0. The summed E-state index contributed by atoms with van der Waals surface area (Å²) >= 11 is 0. The van der Waals surface area contributed by atoms with Gasteiger partial charge in [-0.05, 0) is 43.9 Å². The fourth-order valence-electron chi connectivity index (χ4n) is 2.79. The summed E-state index contributed by atoms with van der Waals surface area (Å²) in [7, 11) is 0. The molecule has 0 aliphatic carbocycles.